The number of carbonyl (C=O) groups excluding carboxylic acids is 1. The van der Waals surface area contributed by atoms with Crippen LogP contribution >= 0.6 is 7.14 Å². The van der Waals surface area contributed by atoms with E-state index in [4.69, 9.17) is 5.73 Å². The summed E-state index contributed by atoms with van der Waals surface area (Å²) >= 11 is 0. The lowest BCUT2D eigenvalue weighted by Crippen LogP contribution is -2.21. The van der Waals surface area contributed by atoms with Crippen LogP contribution in [0.3, 0.4) is 0 Å². The molecule has 0 bridgehead atoms. The van der Waals surface area contributed by atoms with Gasteiger partial charge in [0, 0.05) is 22.8 Å². The summed E-state index contributed by atoms with van der Waals surface area (Å²) in [6.45, 7) is 5.37. The van der Waals surface area contributed by atoms with Crippen LogP contribution in [-0.4, -0.2) is 24.2 Å². The second-order valence-corrected chi connectivity index (χ2v) is 8.41. The molecule has 1 aromatic carbocycles. The summed E-state index contributed by atoms with van der Waals surface area (Å²) in [6, 6.07) is 7.33. The molecule has 0 spiro atoms. The highest BCUT2D eigenvalue weighted by Gasteiger charge is 2.20. The Morgan fingerprint density at radius 1 is 1.30 bits per heavy atom. The molecule has 0 saturated heterocycles. The third kappa shape index (κ3) is 2.86. The fourth-order valence-corrected chi connectivity index (χ4v) is 3.38. The van der Waals surface area contributed by atoms with E-state index in [1.165, 1.54) is 5.56 Å². The van der Waals surface area contributed by atoms with Gasteiger partial charge in [-0.1, -0.05) is 13.0 Å². The van der Waals surface area contributed by atoms with Gasteiger partial charge in [0.15, 0.2) is 0 Å². The summed E-state index contributed by atoms with van der Waals surface area (Å²) in [4.78, 5) is 14.7. The molecule has 0 aliphatic rings. The first-order valence-corrected chi connectivity index (χ1v) is 9.10. The SMILES string of the molecule is CCc1c[nH]c(-c2ccc(C(N)=O)c(P(C)(C)=O)c2)c1. The van der Waals surface area contributed by atoms with Gasteiger partial charge >= 0.3 is 0 Å². The summed E-state index contributed by atoms with van der Waals surface area (Å²) in [5, 5.41) is 0.537. The predicted molar refractivity (Wildman–Crippen MR) is 83.2 cm³/mol. The number of hydrogen-bond acceptors (Lipinski definition) is 2. The molecule has 0 saturated carbocycles. The van der Waals surface area contributed by atoms with Gasteiger partial charge in [0.2, 0.25) is 5.91 Å². The van der Waals surface area contributed by atoms with Gasteiger partial charge in [-0.25, -0.2) is 0 Å². The van der Waals surface area contributed by atoms with Crippen LogP contribution in [0.5, 0.6) is 0 Å². The number of benzene rings is 1. The fourth-order valence-electron chi connectivity index (χ4n) is 2.16. The molecule has 0 radical (unpaired) electrons. The largest absolute Gasteiger partial charge is 0.366 e. The van der Waals surface area contributed by atoms with E-state index in [2.05, 4.69) is 18.0 Å². The molecule has 0 atom stereocenters. The van der Waals surface area contributed by atoms with Crippen LogP contribution in [0.15, 0.2) is 30.5 Å². The normalized spacial score (nSPS) is 11.6. The molecule has 2 aromatic rings. The van der Waals surface area contributed by atoms with Crippen molar-refractivity contribution >= 4 is 18.4 Å². The number of carbonyl (C=O) groups is 1. The van der Waals surface area contributed by atoms with Crippen molar-refractivity contribution in [2.24, 2.45) is 5.73 Å². The minimum atomic E-state index is -2.57. The second kappa shape index (κ2) is 5.29. The number of rotatable bonds is 4. The summed E-state index contributed by atoms with van der Waals surface area (Å²) < 4.78 is 12.4. The molecule has 4 nitrogen and oxygen atoms in total. The highest BCUT2D eigenvalue weighted by molar-refractivity contribution is 7.70. The average molecular weight is 290 g/mol. The van der Waals surface area contributed by atoms with Gasteiger partial charge in [-0.2, -0.15) is 0 Å². The molecular weight excluding hydrogens is 271 g/mol. The minimum Gasteiger partial charge on any atom is -0.366 e. The van der Waals surface area contributed by atoms with Crippen molar-refractivity contribution in [1.29, 1.82) is 0 Å². The number of amides is 1. The maximum absolute atomic E-state index is 12.4. The van der Waals surface area contributed by atoms with E-state index in [0.29, 0.717) is 10.9 Å². The van der Waals surface area contributed by atoms with E-state index >= 15 is 0 Å². The van der Waals surface area contributed by atoms with E-state index in [-0.39, 0.29) is 0 Å². The molecular formula is C15H19N2O2P. The molecule has 0 aliphatic carbocycles. The second-order valence-electron chi connectivity index (χ2n) is 5.22. The zero-order valence-electron chi connectivity index (χ0n) is 11.9. The van der Waals surface area contributed by atoms with Crippen molar-refractivity contribution in [1.82, 2.24) is 4.98 Å². The predicted octanol–water partition coefficient (Wildman–Crippen LogP) is 2.59. The van der Waals surface area contributed by atoms with Crippen LogP contribution in [0.2, 0.25) is 0 Å². The number of nitrogens with two attached hydrogens (primary N) is 1. The Morgan fingerprint density at radius 2 is 2.00 bits per heavy atom. The maximum atomic E-state index is 12.4. The van der Waals surface area contributed by atoms with E-state index in [1.807, 2.05) is 12.3 Å². The number of nitrogens with one attached hydrogen (secondary N) is 1. The van der Waals surface area contributed by atoms with Gasteiger partial charge in [0.25, 0.3) is 0 Å². The Hall–Kier alpha value is -1.80. The van der Waals surface area contributed by atoms with Crippen molar-refractivity contribution in [3.8, 4) is 11.3 Å². The van der Waals surface area contributed by atoms with Gasteiger partial charge in [0.05, 0.1) is 0 Å². The van der Waals surface area contributed by atoms with E-state index < -0.39 is 13.0 Å². The Bertz CT molecular complexity index is 698. The van der Waals surface area contributed by atoms with E-state index in [0.717, 1.165) is 17.7 Å². The number of H-pyrrole nitrogens is 1. The van der Waals surface area contributed by atoms with E-state index in [1.54, 1.807) is 25.5 Å². The zero-order valence-corrected chi connectivity index (χ0v) is 12.8. The molecule has 1 heterocycles. The lowest BCUT2D eigenvalue weighted by atomic mass is 10.1. The van der Waals surface area contributed by atoms with Gasteiger partial charge in [-0.15, -0.1) is 0 Å². The highest BCUT2D eigenvalue weighted by atomic mass is 31.2. The number of aryl methyl sites for hydroxylation is 1. The van der Waals surface area contributed by atoms with Gasteiger partial charge in [-0.05, 0) is 49.1 Å². The van der Waals surface area contributed by atoms with Crippen molar-refractivity contribution in [3.63, 3.8) is 0 Å². The highest BCUT2D eigenvalue weighted by Crippen LogP contribution is 2.37. The van der Waals surface area contributed by atoms with E-state index in [9.17, 15) is 9.36 Å². The topological polar surface area (TPSA) is 76.0 Å². The Labute approximate surface area is 118 Å². The smallest absolute Gasteiger partial charge is 0.249 e. The molecule has 0 aliphatic heterocycles. The zero-order chi connectivity index (χ0) is 14.9. The molecule has 5 heteroatoms. The monoisotopic (exact) mass is 290 g/mol. The van der Waals surface area contributed by atoms with Crippen LogP contribution in [0.4, 0.5) is 0 Å². The van der Waals surface area contributed by atoms with Gasteiger partial charge in [0.1, 0.15) is 7.14 Å². The first kappa shape index (κ1) is 14.6. The maximum Gasteiger partial charge on any atom is 0.249 e. The van der Waals surface area contributed by atoms with Crippen LogP contribution in [0.1, 0.15) is 22.8 Å². The number of aromatic amines is 1. The van der Waals surface area contributed by atoms with Crippen molar-refractivity contribution in [2.75, 3.05) is 13.3 Å². The summed E-state index contributed by atoms with van der Waals surface area (Å²) in [7, 11) is -2.57. The quantitative estimate of drug-likeness (QED) is 0.849. The molecule has 1 aromatic heterocycles. The van der Waals surface area contributed by atoms with Crippen molar-refractivity contribution in [2.45, 2.75) is 13.3 Å². The Balaban J connectivity index is 2.57. The molecule has 20 heavy (non-hydrogen) atoms. The summed E-state index contributed by atoms with van der Waals surface area (Å²) in [5.74, 6) is -0.545. The first-order valence-electron chi connectivity index (χ1n) is 6.50. The lowest BCUT2D eigenvalue weighted by molar-refractivity contribution is 0.100. The Kier molecular flexibility index (Phi) is 3.87. The Morgan fingerprint density at radius 3 is 2.50 bits per heavy atom. The van der Waals surface area contributed by atoms with Crippen molar-refractivity contribution in [3.05, 3.63) is 41.6 Å². The van der Waals surface area contributed by atoms with Crippen LogP contribution < -0.4 is 11.0 Å². The molecule has 0 unspecified atom stereocenters. The van der Waals surface area contributed by atoms with Crippen LogP contribution in [-0.2, 0) is 11.0 Å². The molecule has 0 fully saturated rings. The summed E-state index contributed by atoms with van der Waals surface area (Å²) in [6.07, 6.45) is 2.90. The summed E-state index contributed by atoms with van der Waals surface area (Å²) in [5.41, 5.74) is 8.76. The van der Waals surface area contributed by atoms with Crippen LogP contribution in [0, 0.1) is 0 Å². The van der Waals surface area contributed by atoms with Gasteiger partial charge < -0.3 is 15.3 Å². The van der Waals surface area contributed by atoms with Crippen LogP contribution in [0.25, 0.3) is 11.3 Å². The first-order chi connectivity index (χ1) is 9.32. The van der Waals surface area contributed by atoms with Crippen molar-refractivity contribution < 1.29 is 9.36 Å². The molecule has 3 N–H and O–H groups in total. The lowest BCUT2D eigenvalue weighted by Gasteiger charge is -2.13. The third-order valence-corrected chi connectivity index (χ3v) is 4.84. The molecule has 106 valence electrons. The standard InChI is InChI=1S/C15H19N2O2P/c1-4-10-7-13(17-9-10)11-5-6-12(15(16)18)14(8-11)20(2,3)19/h5-9,17H,4H2,1-3H3,(H2,16,18). The minimum absolute atomic E-state index is 0.337. The third-order valence-electron chi connectivity index (χ3n) is 3.31. The average Bonchev–Trinajstić information content (AvgIpc) is 2.85. The number of primary amides is 1. The fraction of sp³-hybridized carbons (Fsp3) is 0.267. The molecule has 1 amide bonds. The molecule has 2 rings (SSSR count). The van der Waals surface area contributed by atoms with Gasteiger partial charge in [-0.3, -0.25) is 4.79 Å². The number of hydrogen-bond donors (Lipinski definition) is 2. The number of aromatic nitrogens is 1.